The van der Waals surface area contributed by atoms with Crippen LogP contribution in [-0.4, -0.2) is 33.3 Å². The van der Waals surface area contributed by atoms with Crippen LogP contribution in [0.25, 0.3) is 16.0 Å². The maximum Gasteiger partial charge on any atom is 0.301 e. The molecule has 0 bridgehead atoms. The molecule has 3 aromatic carbocycles. The van der Waals surface area contributed by atoms with Gasteiger partial charge in [0, 0.05) is 17.7 Å². The van der Waals surface area contributed by atoms with E-state index in [0.717, 1.165) is 29.1 Å². The molecule has 0 aliphatic carbocycles. The number of benzene rings is 3. The van der Waals surface area contributed by atoms with Crippen molar-refractivity contribution in [2.75, 3.05) is 11.5 Å². The van der Waals surface area contributed by atoms with Gasteiger partial charge in [-0.15, -0.1) is 0 Å². The number of carbonyl (C=O) groups is 2. The summed E-state index contributed by atoms with van der Waals surface area (Å²) in [5.74, 6) is -2.30. The second kappa shape index (κ2) is 10.6. The van der Waals surface area contributed by atoms with Gasteiger partial charge >= 0.3 is 5.91 Å². The van der Waals surface area contributed by atoms with Crippen LogP contribution in [0.15, 0.2) is 72.3 Å². The Morgan fingerprint density at radius 3 is 2.64 bits per heavy atom. The van der Waals surface area contributed by atoms with Gasteiger partial charge in [0.1, 0.15) is 17.3 Å². The molecule has 4 aromatic rings. The lowest BCUT2D eigenvalue weighted by molar-refractivity contribution is -0.384. The molecule has 1 aromatic heterocycles. The van der Waals surface area contributed by atoms with Crippen LogP contribution in [0, 0.1) is 15.9 Å². The van der Waals surface area contributed by atoms with Crippen LogP contribution in [0.1, 0.15) is 36.9 Å². The van der Waals surface area contributed by atoms with Gasteiger partial charge in [-0.05, 0) is 54.4 Å². The summed E-state index contributed by atoms with van der Waals surface area (Å²) in [7, 11) is 0. The minimum absolute atomic E-state index is 0.122. The average Bonchev–Trinajstić information content (AvgIpc) is 3.46. The second-order valence-electron chi connectivity index (χ2n) is 8.86. The molecule has 39 heavy (non-hydrogen) atoms. The Kier molecular flexibility index (Phi) is 7.07. The molecule has 0 spiro atoms. The summed E-state index contributed by atoms with van der Waals surface area (Å²) in [5, 5.41) is 22.7. The van der Waals surface area contributed by atoms with E-state index >= 15 is 0 Å². The number of nitro benzene ring substituents is 1. The van der Waals surface area contributed by atoms with Gasteiger partial charge in [0.25, 0.3) is 11.5 Å². The van der Waals surface area contributed by atoms with Crippen molar-refractivity contribution in [3.8, 4) is 5.75 Å². The average molecular weight is 548 g/mol. The molecule has 5 rings (SSSR count). The van der Waals surface area contributed by atoms with E-state index in [1.807, 2.05) is 6.92 Å². The van der Waals surface area contributed by atoms with Crippen molar-refractivity contribution >= 4 is 49.8 Å². The fourth-order valence-corrected chi connectivity index (χ4v) is 5.35. The summed E-state index contributed by atoms with van der Waals surface area (Å²) in [6.45, 7) is 2.51. The van der Waals surface area contributed by atoms with Crippen LogP contribution in [-0.2, 0) is 9.59 Å². The number of aliphatic hydroxyl groups is 1. The Morgan fingerprint density at radius 1 is 1.15 bits per heavy atom. The zero-order chi connectivity index (χ0) is 27.7. The van der Waals surface area contributed by atoms with Gasteiger partial charge < -0.3 is 9.84 Å². The van der Waals surface area contributed by atoms with Crippen LogP contribution in [0.2, 0.25) is 0 Å². The third kappa shape index (κ3) is 4.96. The number of nitrogens with zero attached hydrogens (tertiary/aromatic N) is 3. The Labute approximate surface area is 225 Å². The quantitative estimate of drug-likeness (QED) is 0.0701. The van der Waals surface area contributed by atoms with Crippen LogP contribution in [0.5, 0.6) is 5.75 Å². The van der Waals surface area contributed by atoms with Gasteiger partial charge in [-0.25, -0.2) is 9.37 Å². The van der Waals surface area contributed by atoms with Gasteiger partial charge in [-0.1, -0.05) is 36.8 Å². The SMILES string of the molecule is CCCCOc1cccc(C(O)=C2C(=O)C(=O)N(c3nc4ccc(F)cc4s3)C2c2ccc([N+](=O)[O-])cc2)c1. The van der Waals surface area contributed by atoms with Gasteiger partial charge in [0.2, 0.25) is 0 Å². The number of hydrogen-bond donors (Lipinski definition) is 1. The number of anilines is 1. The molecule has 11 heteroatoms. The lowest BCUT2D eigenvalue weighted by Gasteiger charge is -2.23. The molecule has 9 nitrogen and oxygen atoms in total. The Balaban J connectivity index is 1.65. The lowest BCUT2D eigenvalue weighted by atomic mass is 9.95. The minimum Gasteiger partial charge on any atom is -0.507 e. The number of aliphatic hydroxyl groups excluding tert-OH is 1. The van der Waals surface area contributed by atoms with Crippen LogP contribution < -0.4 is 9.64 Å². The molecule has 0 radical (unpaired) electrons. The topological polar surface area (TPSA) is 123 Å². The van der Waals surface area contributed by atoms with E-state index in [1.165, 1.54) is 42.5 Å². The number of fused-ring (bicyclic) bond motifs is 1. The number of amides is 1. The van der Waals surface area contributed by atoms with E-state index in [0.29, 0.717) is 28.1 Å². The van der Waals surface area contributed by atoms with E-state index in [-0.39, 0.29) is 22.0 Å². The fraction of sp³-hybridized carbons (Fsp3) is 0.179. The number of aromatic nitrogens is 1. The number of thiazole rings is 1. The highest BCUT2D eigenvalue weighted by molar-refractivity contribution is 7.22. The number of carbonyl (C=O) groups excluding carboxylic acids is 2. The number of unbranched alkanes of at least 4 members (excludes halogenated alkanes) is 1. The predicted octanol–water partition coefficient (Wildman–Crippen LogP) is 6.15. The molecule has 1 unspecified atom stereocenters. The summed E-state index contributed by atoms with van der Waals surface area (Å²) < 4.78 is 20.0. The maximum absolute atomic E-state index is 13.8. The van der Waals surface area contributed by atoms with E-state index in [9.17, 15) is 29.2 Å². The minimum atomic E-state index is -1.14. The third-order valence-electron chi connectivity index (χ3n) is 6.28. The lowest BCUT2D eigenvalue weighted by Crippen LogP contribution is -2.29. The van der Waals surface area contributed by atoms with Crippen molar-refractivity contribution in [3.05, 3.63) is 99.4 Å². The second-order valence-corrected chi connectivity index (χ2v) is 9.87. The largest absolute Gasteiger partial charge is 0.507 e. The Hall–Kier alpha value is -4.64. The highest BCUT2D eigenvalue weighted by Crippen LogP contribution is 2.44. The maximum atomic E-state index is 13.8. The Morgan fingerprint density at radius 2 is 1.92 bits per heavy atom. The number of nitro groups is 1. The third-order valence-corrected chi connectivity index (χ3v) is 7.30. The molecule has 1 saturated heterocycles. The first-order valence-electron chi connectivity index (χ1n) is 12.1. The fourth-order valence-electron chi connectivity index (χ4n) is 4.34. The van der Waals surface area contributed by atoms with Crippen LogP contribution >= 0.6 is 11.3 Å². The molecule has 198 valence electrons. The molecule has 0 saturated carbocycles. The molecular weight excluding hydrogens is 525 g/mol. The number of rotatable bonds is 8. The first-order valence-corrected chi connectivity index (χ1v) is 12.9. The summed E-state index contributed by atoms with van der Waals surface area (Å²) in [6.07, 6.45) is 1.78. The summed E-state index contributed by atoms with van der Waals surface area (Å²) in [6, 6.07) is 14.7. The zero-order valence-electron chi connectivity index (χ0n) is 20.7. The Bertz CT molecular complexity index is 1630. The zero-order valence-corrected chi connectivity index (χ0v) is 21.5. The molecule has 1 aliphatic rings. The van der Waals surface area contributed by atoms with Gasteiger partial charge in [0.05, 0.1) is 33.4 Å². The standard InChI is InChI=1S/C28H22FN3O6S/c1-2-3-13-38-20-6-4-5-17(14-20)25(33)23-24(16-7-10-19(11-8-16)32(36)37)31(27(35)26(23)34)28-30-21-12-9-18(29)15-22(21)39-28/h4-12,14-15,24,33H,2-3,13H2,1H3. The number of hydrogen-bond acceptors (Lipinski definition) is 8. The molecule has 1 fully saturated rings. The van der Waals surface area contributed by atoms with Gasteiger partial charge in [-0.2, -0.15) is 0 Å². The molecule has 1 atom stereocenters. The van der Waals surface area contributed by atoms with Crippen molar-refractivity contribution in [2.45, 2.75) is 25.8 Å². The van der Waals surface area contributed by atoms with E-state index in [4.69, 9.17) is 4.74 Å². The highest BCUT2D eigenvalue weighted by Gasteiger charge is 2.48. The van der Waals surface area contributed by atoms with Crippen molar-refractivity contribution in [1.82, 2.24) is 4.98 Å². The number of non-ortho nitro benzene ring substituents is 1. The molecular formula is C28H22FN3O6S. The molecule has 1 aliphatic heterocycles. The van der Waals surface area contributed by atoms with E-state index in [2.05, 4.69) is 4.98 Å². The predicted molar refractivity (Wildman–Crippen MR) is 144 cm³/mol. The number of halogens is 1. The van der Waals surface area contributed by atoms with Crippen LogP contribution in [0.3, 0.4) is 0 Å². The van der Waals surface area contributed by atoms with Crippen molar-refractivity contribution in [1.29, 1.82) is 0 Å². The first-order chi connectivity index (χ1) is 18.8. The molecule has 1 N–H and O–H groups in total. The summed E-state index contributed by atoms with van der Waals surface area (Å²) in [4.78, 5) is 43.0. The van der Waals surface area contributed by atoms with Gasteiger partial charge in [-0.3, -0.25) is 24.6 Å². The summed E-state index contributed by atoms with van der Waals surface area (Å²) >= 11 is 1.01. The van der Waals surface area contributed by atoms with E-state index < -0.39 is 34.2 Å². The highest BCUT2D eigenvalue weighted by atomic mass is 32.1. The monoisotopic (exact) mass is 547 g/mol. The van der Waals surface area contributed by atoms with Crippen LogP contribution in [0.4, 0.5) is 15.2 Å². The van der Waals surface area contributed by atoms with Gasteiger partial charge in [0.15, 0.2) is 5.13 Å². The number of Topliss-reactive ketones (excluding diaryl/α,β-unsaturated/α-hetero) is 1. The summed E-state index contributed by atoms with van der Waals surface area (Å²) in [5.41, 5.74) is 0.660. The normalized spacial score (nSPS) is 16.7. The molecule has 1 amide bonds. The van der Waals surface area contributed by atoms with Crippen molar-refractivity contribution in [2.24, 2.45) is 0 Å². The smallest absolute Gasteiger partial charge is 0.301 e. The number of ether oxygens (including phenoxy) is 1. The molecule has 2 heterocycles. The van der Waals surface area contributed by atoms with Crippen molar-refractivity contribution < 1.29 is 28.7 Å². The number of ketones is 1. The van der Waals surface area contributed by atoms with E-state index in [1.54, 1.807) is 24.3 Å². The van der Waals surface area contributed by atoms with Crippen molar-refractivity contribution in [3.63, 3.8) is 0 Å². The first kappa shape index (κ1) is 26.0.